The van der Waals surface area contributed by atoms with Gasteiger partial charge in [-0.25, -0.2) is 10.1 Å². The van der Waals surface area contributed by atoms with E-state index in [1.54, 1.807) is 0 Å². The topological polar surface area (TPSA) is 96.5 Å². The number of rotatable bonds is 3. The second-order valence-corrected chi connectivity index (χ2v) is 5.40. The molecule has 0 fully saturated rings. The van der Waals surface area contributed by atoms with Gasteiger partial charge in [0.05, 0.1) is 5.69 Å². The smallest absolute Gasteiger partial charge is 0.295 e. The van der Waals surface area contributed by atoms with Crippen LogP contribution in [0.3, 0.4) is 0 Å². The van der Waals surface area contributed by atoms with Crippen molar-refractivity contribution in [3.63, 3.8) is 0 Å². The third-order valence-electron chi connectivity index (χ3n) is 3.09. The number of carbonyl (C=O) groups excluding carboxylic acids is 1. The summed E-state index contributed by atoms with van der Waals surface area (Å²) in [5.74, 6) is -0.362. The van der Waals surface area contributed by atoms with Gasteiger partial charge < -0.3 is 0 Å². The molecule has 0 spiro atoms. The van der Waals surface area contributed by atoms with Crippen molar-refractivity contribution in [3.05, 3.63) is 40.5 Å². The molecule has 0 unspecified atom stereocenters. The fourth-order valence-corrected chi connectivity index (χ4v) is 2.49. The number of H-pyrrole nitrogens is 1. The molecule has 21 heavy (non-hydrogen) atoms. The number of hydrogen-bond donors (Lipinski definition) is 2. The van der Waals surface area contributed by atoms with E-state index in [1.165, 1.54) is 22.5 Å². The second kappa shape index (κ2) is 5.41. The summed E-state index contributed by atoms with van der Waals surface area (Å²) in [6.45, 7) is 4.13. The highest BCUT2D eigenvalue weighted by Crippen LogP contribution is 2.26. The van der Waals surface area contributed by atoms with Gasteiger partial charge >= 0.3 is 0 Å². The molecule has 3 aromatic rings. The van der Waals surface area contributed by atoms with Crippen molar-refractivity contribution in [1.82, 2.24) is 25.6 Å². The van der Waals surface area contributed by atoms with Crippen molar-refractivity contribution >= 4 is 22.4 Å². The molecule has 0 aliphatic carbocycles. The Morgan fingerprint density at radius 3 is 2.86 bits per heavy atom. The van der Waals surface area contributed by atoms with Gasteiger partial charge in [-0.1, -0.05) is 12.1 Å². The summed E-state index contributed by atoms with van der Waals surface area (Å²) in [4.78, 5) is 16.2. The molecule has 2 N–H and O–H groups in total. The molecule has 0 bridgehead atoms. The Bertz CT molecular complexity index is 780. The van der Waals surface area contributed by atoms with Crippen molar-refractivity contribution in [3.8, 4) is 11.3 Å². The third kappa shape index (κ3) is 2.79. The van der Waals surface area contributed by atoms with Crippen LogP contribution in [0.1, 0.15) is 21.7 Å². The van der Waals surface area contributed by atoms with Crippen LogP contribution in [0, 0.1) is 13.8 Å². The van der Waals surface area contributed by atoms with E-state index < -0.39 is 5.91 Å². The lowest BCUT2D eigenvalue weighted by Crippen LogP contribution is -2.13. The lowest BCUT2D eigenvalue weighted by atomic mass is 10.1. The van der Waals surface area contributed by atoms with Gasteiger partial charge in [0, 0.05) is 10.9 Å². The van der Waals surface area contributed by atoms with Crippen LogP contribution in [0.5, 0.6) is 0 Å². The van der Waals surface area contributed by atoms with Gasteiger partial charge in [0.2, 0.25) is 5.82 Å². The van der Waals surface area contributed by atoms with Crippen molar-refractivity contribution in [1.29, 1.82) is 0 Å². The molecule has 3 rings (SSSR count). The first-order valence-electron chi connectivity index (χ1n) is 6.22. The summed E-state index contributed by atoms with van der Waals surface area (Å²) in [6.07, 6.45) is 0. The quantitative estimate of drug-likeness (QED) is 0.773. The Kier molecular flexibility index (Phi) is 3.44. The number of anilines is 1. The maximum Gasteiger partial charge on any atom is 0.296 e. The van der Waals surface area contributed by atoms with E-state index in [2.05, 4.69) is 56.9 Å². The fourth-order valence-electron chi connectivity index (χ4n) is 1.78. The number of amides is 1. The predicted molar refractivity (Wildman–Crippen MR) is 79.2 cm³/mol. The van der Waals surface area contributed by atoms with Crippen LogP contribution >= 0.6 is 11.3 Å². The number of carbonyl (C=O) groups is 1. The molecule has 0 saturated carbocycles. The molecule has 2 heterocycles. The van der Waals surface area contributed by atoms with Crippen molar-refractivity contribution < 1.29 is 4.79 Å². The SMILES string of the molecule is Cc1ccc(-c2csc(NC(=O)c3nnn[nH]3)n2)cc1C. The monoisotopic (exact) mass is 300 g/mol. The molecule has 1 aromatic carbocycles. The van der Waals surface area contributed by atoms with E-state index >= 15 is 0 Å². The molecular formula is C13H12N6OS. The Morgan fingerprint density at radius 1 is 1.29 bits per heavy atom. The molecule has 0 saturated heterocycles. The van der Waals surface area contributed by atoms with Gasteiger partial charge in [0.1, 0.15) is 0 Å². The zero-order chi connectivity index (χ0) is 14.8. The summed E-state index contributed by atoms with van der Waals surface area (Å²) < 4.78 is 0. The van der Waals surface area contributed by atoms with E-state index in [-0.39, 0.29) is 5.82 Å². The molecule has 1 amide bonds. The van der Waals surface area contributed by atoms with E-state index in [9.17, 15) is 4.79 Å². The fraction of sp³-hybridized carbons (Fsp3) is 0.154. The van der Waals surface area contributed by atoms with Crippen LogP contribution in [0.15, 0.2) is 23.6 Å². The lowest BCUT2D eigenvalue weighted by Gasteiger charge is -2.02. The maximum atomic E-state index is 11.8. The number of aryl methyl sites for hydroxylation is 2. The Morgan fingerprint density at radius 2 is 2.14 bits per heavy atom. The number of aromatic amines is 1. The highest BCUT2D eigenvalue weighted by Gasteiger charge is 2.13. The van der Waals surface area contributed by atoms with Crippen LogP contribution in [-0.2, 0) is 0 Å². The minimum atomic E-state index is -0.416. The molecular weight excluding hydrogens is 288 g/mol. The number of benzene rings is 1. The number of hydrogen-bond acceptors (Lipinski definition) is 6. The summed E-state index contributed by atoms with van der Waals surface area (Å²) in [7, 11) is 0. The number of nitrogens with zero attached hydrogens (tertiary/aromatic N) is 4. The zero-order valence-electron chi connectivity index (χ0n) is 11.4. The molecule has 106 valence electrons. The third-order valence-corrected chi connectivity index (χ3v) is 3.85. The van der Waals surface area contributed by atoms with E-state index in [0.29, 0.717) is 5.13 Å². The molecule has 0 radical (unpaired) electrons. The van der Waals surface area contributed by atoms with Crippen LogP contribution in [0.4, 0.5) is 5.13 Å². The first kappa shape index (κ1) is 13.4. The van der Waals surface area contributed by atoms with Crippen LogP contribution in [-0.4, -0.2) is 31.5 Å². The molecule has 0 aliphatic rings. The van der Waals surface area contributed by atoms with E-state index in [0.717, 1.165) is 11.3 Å². The lowest BCUT2D eigenvalue weighted by molar-refractivity contribution is 0.101. The van der Waals surface area contributed by atoms with Gasteiger partial charge in [-0.05, 0) is 41.5 Å². The molecule has 7 nitrogen and oxygen atoms in total. The van der Waals surface area contributed by atoms with E-state index in [4.69, 9.17) is 0 Å². The van der Waals surface area contributed by atoms with Gasteiger partial charge in [-0.2, -0.15) is 0 Å². The molecule has 0 atom stereocenters. The summed E-state index contributed by atoms with van der Waals surface area (Å²) >= 11 is 1.35. The van der Waals surface area contributed by atoms with Gasteiger partial charge in [0.25, 0.3) is 5.91 Å². The number of nitrogens with one attached hydrogen (secondary N) is 2. The van der Waals surface area contributed by atoms with Crippen molar-refractivity contribution in [2.24, 2.45) is 0 Å². The molecule has 2 aromatic heterocycles. The summed E-state index contributed by atoms with van der Waals surface area (Å²) in [5, 5.41) is 17.7. The summed E-state index contributed by atoms with van der Waals surface area (Å²) in [5.41, 5.74) is 4.30. The Balaban J connectivity index is 1.80. The standard InChI is InChI=1S/C13H12N6OS/c1-7-3-4-9(5-8(7)2)10-6-21-13(14-10)15-12(20)11-16-18-19-17-11/h3-6H,1-2H3,(H,14,15,20)(H,16,17,18,19). The second-order valence-electron chi connectivity index (χ2n) is 4.54. The van der Waals surface area contributed by atoms with E-state index in [1.807, 2.05) is 11.4 Å². The Hall–Kier alpha value is -2.61. The van der Waals surface area contributed by atoms with Gasteiger partial charge in [0.15, 0.2) is 5.13 Å². The van der Waals surface area contributed by atoms with Crippen LogP contribution in [0.2, 0.25) is 0 Å². The highest BCUT2D eigenvalue weighted by molar-refractivity contribution is 7.14. The van der Waals surface area contributed by atoms with Crippen LogP contribution in [0.25, 0.3) is 11.3 Å². The first-order valence-corrected chi connectivity index (χ1v) is 7.09. The van der Waals surface area contributed by atoms with Crippen LogP contribution < -0.4 is 5.32 Å². The average Bonchev–Trinajstić information content (AvgIpc) is 3.12. The number of thiazole rings is 1. The van der Waals surface area contributed by atoms with Crippen molar-refractivity contribution in [2.75, 3.05) is 5.32 Å². The number of tetrazole rings is 1. The Labute approximate surface area is 124 Å². The largest absolute Gasteiger partial charge is 0.296 e. The highest BCUT2D eigenvalue weighted by atomic mass is 32.1. The minimum Gasteiger partial charge on any atom is -0.295 e. The average molecular weight is 300 g/mol. The molecule has 0 aliphatic heterocycles. The maximum absolute atomic E-state index is 11.8. The predicted octanol–water partition coefficient (Wildman–Crippen LogP) is 2.19. The van der Waals surface area contributed by atoms with Gasteiger partial charge in [-0.15, -0.1) is 16.4 Å². The van der Waals surface area contributed by atoms with Crippen molar-refractivity contribution in [2.45, 2.75) is 13.8 Å². The normalized spacial score (nSPS) is 10.6. The molecule has 8 heteroatoms. The zero-order valence-corrected chi connectivity index (χ0v) is 12.2. The number of aromatic nitrogens is 5. The first-order chi connectivity index (χ1) is 10.1. The van der Waals surface area contributed by atoms with Gasteiger partial charge in [-0.3, -0.25) is 10.1 Å². The summed E-state index contributed by atoms with van der Waals surface area (Å²) in [6, 6.07) is 6.15. The minimum absolute atomic E-state index is 0.0536.